The summed E-state index contributed by atoms with van der Waals surface area (Å²) in [5, 5.41) is 6.84. The number of nitrogens with one attached hydrogen (secondary N) is 2. The minimum Gasteiger partial charge on any atom is -0.365 e. The van der Waals surface area contributed by atoms with Gasteiger partial charge in [-0.05, 0) is 51.9 Å². The predicted molar refractivity (Wildman–Crippen MR) is 88.2 cm³/mol. The Morgan fingerprint density at radius 2 is 1.19 bits per heavy atom. The molecule has 7 heteroatoms. The van der Waals surface area contributed by atoms with Gasteiger partial charge in [0, 0.05) is 26.2 Å². The van der Waals surface area contributed by atoms with Crippen LogP contribution in [0.1, 0.15) is 25.7 Å². The second-order valence-corrected chi connectivity index (χ2v) is 6.44. The van der Waals surface area contributed by atoms with E-state index in [1.807, 2.05) is 0 Å². The van der Waals surface area contributed by atoms with Crippen LogP contribution in [0.5, 0.6) is 0 Å². The summed E-state index contributed by atoms with van der Waals surface area (Å²) in [4.78, 5) is 5.01. The Balaban J connectivity index is 1.36. The first-order valence-corrected chi connectivity index (χ1v) is 8.90. The molecule has 118 valence electrons. The highest BCUT2D eigenvalue weighted by molar-refractivity contribution is 6.99. The summed E-state index contributed by atoms with van der Waals surface area (Å²) < 4.78 is 8.71. The van der Waals surface area contributed by atoms with E-state index >= 15 is 0 Å². The number of hydrogen-bond donors (Lipinski definition) is 2. The Bertz CT molecular complexity index is 375. The van der Waals surface area contributed by atoms with Gasteiger partial charge in [-0.25, -0.2) is 0 Å². The molecule has 0 aromatic carbocycles. The Morgan fingerprint density at radius 1 is 0.762 bits per heavy atom. The van der Waals surface area contributed by atoms with Gasteiger partial charge in [-0.3, -0.25) is 0 Å². The lowest BCUT2D eigenvalue weighted by Gasteiger charge is -2.16. The first-order chi connectivity index (χ1) is 10.4. The minimum atomic E-state index is 0.917. The van der Waals surface area contributed by atoms with Crippen molar-refractivity contribution in [3.63, 3.8) is 0 Å². The number of nitrogens with zero attached hydrogens (tertiary/aromatic N) is 4. The fourth-order valence-corrected chi connectivity index (χ4v) is 3.60. The molecule has 0 unspecified atom stereocenters. The maximum Gasteiger partial charge on any atom is 0.184 e. The van der Waals surface area contributed by atoms with Crippen LogP contribution in [0.2, 0.25) is 0 Å². The predicted octanol–water partition coefficient (Wildman–Crippen LogP) is 1.55. The Kier molecular flexibility index (Phi) is 5.65. The molecule has 2 fully saturated rings. The van der Waals surface area contributed by atoms with Gasteiger partial charge in [0.1, 0.15) is 0 Å². The van der Waals surface area contributed by atoms with E-state index in [2.05, 4.69) is 29.2 Å². The molecule has 2 saturated heterocycles. The molecule has 0 aliphatic carbocycles. The number of likely N-dealkylation sites (tertiary alicyclic amines) is 2. The zero-order valence-corrected chi connectivity index (χ0v) is 13.5. The molecule has 2 aliphatic rings. The summed E-state index contributed by atoms with van der Waals surface area (Å²) in [6.45, 7) is 9.10. The Hall–Kier alpha value is -0.920. The number of anilines is 2. The van der Waals surface area contributed by atoms with Crippen molar-refractivity contribution in [3.05, 3.63) is 0 Å². The molecule has 0 amide bonds. The van der Waals surface area contributed by atoms with Crippen molar-refractivity contribution >= 4 is 23.4 Å². The molecule has 21 heavy (non-hydrogen) atoms. The van der Waals surface area contributed by atoms with Crippen LogP contribution in [-0.2, 0) is 0 Å². The van der Waals surface area contributed by atoms with Crippen molar-refractivity contribution in [3.8, 4) is 0 Å². The lowest BCUT2D eigenvalue weighted by molar-refractivity contribution is 0.352. The summed E-state index contributed by atoms with van der Waals surface area (Å²) in [6, 6.07) is 0. The third-order valence-corrected chi connectivity index (χ3v) is 4.86. The van der Waals surface area contributed by atoms with Gasteiger partial charge in [0.25, 0.3) is 0 Å². The highest BCUT2D eigenvalue weighted by Gasteiger charge is 2.13. The van der Waals surface area contributed by atoms with Gasteiger partial charge in [0.05, 0.1) is 11.7 Å². The average Bonchev–Trinajstić information content (AvgIpc) is 3.21. The van der Waals surface area contributed by atoms with E-state index in [9.17, 15) is 0 Å². The van der Waals surface area contributed by atoms with Crippen LogP contribution < -0.4 is 10.6 Å². The molecule has 2 N–H and O–H groups in total. The van der Waals surface area contributed by atoms with Gasteiger partial charge >= 0.3 is 0 Å². The van der Waals surface area contributed by atoms with Crippen LogP contribution in [0.25, 0.3) is 0 Å². The molecule has 0 saturated carbocycles. The largest absolute Gasteiger partial charge is 0.365 e. The van der Waals surface area contributed by atoms with Crippen molar-refractivity contribution in [1.29, 1.82) is 0 Å². The van der Waals surface area contributed by atoms with Gasteiger partial charge in [-0.1, -0.05) is 0 Å². The molecule has 0 radical (unpaired) electrons. The van der Waals surface area contributed by atoms with Gasteiger partial charge in [-0.15, -0.1) is 0 Å². The van der Waals surface area contributed by atoms with Crippen molar-refractivity contribution in [2.24, 2.45) is 0 Å². The van der Waals surface area contributed by atoms with E-state index in [-0.39, 0.29) is 0 Å². The molecule has 3 heterocycles. The number of rotatable bonds is 8. The lowest BCUT2D eigenvalue weighted by atomic mass is 10.4. The molecule has 1 aromatic heterocycles. The first-order valence-electron chi connectivity index (χ1n) is 8.17. The third-order valence-electron chi connectivity index (χ3n) is 4.33. The summed E-state index contributed by atoms with van der Waals surface area (Å²) in [6.07, 6.45) is 5.40. The number of hydrogen-bond acceptors (Lipinski definition) is 7. The minimum absolute atomic E-state index is 0.917. The molecule has 1 aromatic rings. The lowest BCUT2D eigenvalue weighted by Crippen LogP contribution is -2.27. The fourth-order valence-electron chi connectivity index (χ4n) is 3.10. The summed E-state index contributed by atoms with van der Waals surface area (Å²) >= 11 is 1.28. The van der Waals surface area contributed by atoms with Crippen molar-refractivity contribution in [2.45, 2.75) is 25.7 Å². The van der Waals surface area contributed by atoms with Crippen LogP contribution in [0, 0.1) is 0 Å². The summed E-state index contributed by atoms with van der Waals surface area (Å²) in [5.74, 6) is 1.83. The van der Waals surface area contributed by atoms with E-state index in [4.69, 9.17) is 0 Å². The Morgan fingerprint density at radius 3 is 1.62 bits per heavy atom. The van der Waals surface area contributed by atoms with Gasteiger partial charge in [-0.2, -0.15) is 8.75 Å². The molecular formula is C14H26N6S. The zero-order valence-electron chi connectivity index (χ0n) is 12.7. The van der Waals surface area contributed by atoms with Crippen molar-refractivity contribution in [2.75, 3.05) is 63.0 Å². The fraction of sp³-hybridized carbons (Fsp3) is 0.857. The van der Waals surface area contributed by atoms with Crippen LogP contribution in [-0.4, -0.2) is 70.9 Å². The standard InChI is InChI=1S/C14H26N6S/c1-2-8-19(7-1)11-5-15-13-14(18-21-17-13)16-6-12-20-9-3-4-10-20/h1-12H2,(H,15,17)(H,16,18). The molecule has 6 nitrogen and oxygen atoms in total. The van der Waals surface area contributed by atoms with Gasteiger partial charge in [0.2, 0.25) is 0 Å². The number of aromatic nitrogens is 2. The van der Waals surface area contributed by atoms with Crippen LogP contribution in [0.3, 0.4) is 0 Å². The molecule has 3 rings (SSSR count). The monoisotopic (exact) mass is 310 g/mol. The van der Waals surface area contributed by atoms with Crippen LogP contribution in [0.4, 0.5) is 11.6 Å². The maximum atomic E-state index is 4.36. The molecule has 0 atom stereocenters. The van der Waals surface area contributed by atoms with Crippen molar-refractivity contribution < 1.29 is 0 Å². The quantitative estimate of drug-likeness (QED) is 0.760. The zero-order chi connectivity index (χ0) is 14.3. The first kappa shape index (κ1) is 15.0. The topological polar surface area (TPSA) is 56.3 Å². The van der Waals surface area contributed by atoms with Gasteiger partial charge in [0.15, 0.2) is 11.6 Å². The molecular weight excluding hydrogens is 284 g/mol. The Labute approximate surface area is 131 Å². The van der Waals surface area contributed by atoms with Gasteiger partial charge < -0.3 is 20.4 Å². The molecule has 0 bridgehead atoms. The van der Waals surface area contributed by atoms with E-state index in [0.29, 0.717) is 0 Å². The highest BCUT2D eigenvalue weighted by atomic mass is 32.1. The maximum absolute atomic E-state index is 4.36. The van der Waals surface area contributed by atoms with E-state index < -0.39 is 0 Å². The smallest absolute Gasteiger partial charge is 0.184 e. The van der Waals surface area contributed by atoms with Crippen molar-refractivity contribution in [1.82, 2.24) is 18.5 Å². The highest BCUT2D eigenvalue weighted by Crippen LogP contribution is 2.18. The average molecular weight is 310 g/mol. The van der Waals surface area contributed by atoms with Crippen LogP contribution in [0.15, 0.2) is 0 Å². The molecule has 2 aliphatic heterocycles. The van der Waals surface area contributed by atoms with Crippen LogP contribution >= 0.6 is 11.7 Å². The molecule has 0 spiro atoms. The van der Waals surface area contributed by atoms with E-state index in [0.717, 1.165) is 37.8 Å². The summed E-state index contributed by atoms with van der Waals surface area (Å²) in [5.41, 5.74) is 0. The van der Waals surface area contributed by atoms with E-state index in [1.54, 1.807) is 0 Å². The second kappa shape index (κ2) is 7.91. The SMILES string of the molecule is C1CCN(CCNc2nsnc2NCCN2CCCC2)C1. The summed E-state index contributed by atoms with van der Waals surface area (Å²) in [7, 11) is 0. The third kappa shape index (κ3) is 4.52. The second-order valence-electron chi connectivity index (χ2n) is 5.91. The van der Waals surface area contributed by atoms with E-state index in [1.165, 1.54) is 63.6 Å². The normalized spacial score (nSPS) is 20.2.